The van der Waals surface area contributed by atoms with Crippen molar-refractivity contribution in [3.05, 3.63) is 71.3 Å². The molecule has 0 aliphatic carbocycles. The highest BCUT2D eigenvalue weighted by Crippen LogP contribution is 2.27. The minimum atomic E-state index is -0.0545. The minimum absolute atomic E-state index is 0.0545. The number of pyridine rings is 1. The largest absolute Gasteiger partial charge is 0.497 e. The summed E-state index contributed by atoms with van der Waals surface area (Å²) in [5.41, 5.74) is 4.21. The van der Waals surface area contributed by atoms with Crippen LogP contribution in [0.1, 0.15) is 28.5 Å². The van der Waals surface area contributed by atoms with Crippen LogP contribution >= 0.6 is 0 Å². The van der Waals surface area contributed by atoms with Crippen molar-refractivity contribution in [1.82, 2.24) is 19.9 Å². The van der Waals surface area contributed by atoms with Crippen molar-refractivity contribution in [2.45, 2.75) is 19.1 Å². The van der Waals surface area contributed by atoms with Crippen LogP contribution in [-0.4, -0.2) is 67.9 Å². The van der Waals surface area contributed by atoms with Crippen LogP contribution < -0.4 is 14.4 Å². The summed E-state index contributed by atoms with van der Waals surface area (Å²) in [6, 6.07) is 10.0. The molecule has 174 valence electrons. The molecule has 3 heterocycles. The van der Waals surface area contributed by atoms with Crippen LogP contribution in [0.5, 0.6) is 11.5 Å². The van der Waals surface area contributed by atoms with Crippen molar-refractivity contribution in [3.63, 3.8) is 0 Å². The van der Waals surface area contributed by atoms with E-state index in [9.17, 15) is 0 Å². The number of nitrogens with zero attached hydrogens (tertiary/aromatic N) is 5. The van der Waals surface area contributed by atoms with Crippen LogP contribution in [0.4, 0.5) is 5.95 Å². The van der Waals surface area contributed by atoms with Gasteiger partial charge in [-0.25, -0.2) is 9.97 Å². The van der Waals surface area contributed by atoms with Gasteiger partial charge in [-0.15, -0.1) is 0 Å². The molecule has 0 bridgehead atoms. The first-order valence-corrected chi connectivity index (χ1v) is 11.0. The van der Waals surface area contributed by atoms with E-state index >= 15 is 0 Å². The third-order valence-corrected chi connectivity index (χ3v) is 5.71. The molecule has 4 rings (SSSR count). The Morgan fingerprint density at radius 1 is 1.00 bits per heavy atom. The highest BCUT2D eigenvalue weighted by atomic mass is 16.5. The number of hydrogen-bond donors (Lipinski definition) is 0. The zero-order valence-corrected chi connectivity index (χ0v) is 19.7. The third-order valence-electron chi connectivity index (χ3n) is 5.71. The molecule has 2 aromatic heterocycles. The summed E-state index contributed by atoms with van der Waals surface area (Å²) in [7, 11) is 7.23. The van der Waals surface area contributed by atoms with E-state index in [1.807, 2.05) is 55.8 Å². The lowest BCUT2D eigenvalue weighted by Gasteiger charge is -2.32. The summed E-state index contributed by atoms with van der Waals surface area (Å²) in [4.78, 5) is 17.8. The molecule has 0 amide bonds. The Morgan fingerprint density at radius 3 is 2.45 bits per heavy atom. The highest BCUT2D eigenvalue weighted by molar-refractivity contribution is 5.42. The lowest BCUT2D eigenvalue weighted by molar-refractivity contribution is -0.0350. The van der Waals surface area contributed by atoms with Gasteiger partial charge in [0.15, 0.2) is 0 Å². The fraction of sp³-hybridized carbons (Fsp3) is 0.400. The monoisotopic (exact) mass is 449 g/mol. The fourth-order valence-electron chi connectivity index (χ4n) is 3.91. The predicted molar refractivity (Wildman–Crippen MR) is 127 cm³/mol. The molecule has 0 radical (unpaired) electrons. The molecule has 8 nitrogen and oxygen atoms in total. The van der Waals surface area contributed by atoms with Crippen LogP contribution in [0.2, 0.25) is 0 Å². The Bertz CT molecular complexity index is 1040. The molecule has 0 unspecified atom stereocenters. The standard InChI is InChI=1S/C25H31N5O3/c1-29(2)25-27-14-19(15-28-25)16-30-9-10-33-24(17-30)22-7-5-18(13-26-22)11-20-12-21(31-3)6-8-23(20)32-4/h5-8,12-15,24H,9-11,16-17H2,1-4H3/t24-/m1/s1. The molecule has 1 aliphatic heterocycles. The smallest absolute Gasteiger partial charge is 0.224 e. The number of hydrogen-bond acceptors (Lipinski definition) is 8. The molecular formula is C25H31N5O3. The second kappa shape index (κ2) is 10.6. The normalized spacial score (nSPS) is 16.4. The molecule has 3 aromatic rings. The van der Waals surface area contributed by atoms with Crippen LogP contribution in [-0.2, 0) is 17.7 Å². The molecule has 0 spiro atoms. The lowest BCUT2D eigenvalue weighted by Crippen LogP contribution is -2.38. The molecular weight excluding hydrogens is 418 g/mol. The van der Waals surface area contributed by atoms with Gasteiger partial charge in [0.2, 0.25) is 5.95 Å². The van der Waals surface area contributed by atoms with Gasteiger partial charge < -0.3 is 19.1 Å². The van der Waals surface area contributed by atoms with E-state index in [4.69, 9.17) is 19.2 Å². The maximum absolute atomic E-state index is 6.03. The van der Waals surface area contributed by atoms with Crippen molar-refractivity contribution in [2.75, 3.05) is 52.9 Å². The third kappa shape index (κ3) is 5.77. The number of methoxy groups -OCH3 is 2. The summed E-state index contributed by atoms with van der Waals surface area (Å²) in [5, 5.41) is 0. The quantitative estimate of drug-likeness (QED) is 0.519. The summed E-state index contributed by atoms with van der Waals surface area (Å²) in [6.45, 7) is 3.12. The summed E-state index contributed by atoms with van der Waals surface area (Å²) < 4.78 is 16.9. The van der Waals surface area contributed by atoms with E-state index in [2.05, 4.69) is 27.0 Å². The van der Waals surface area contributed by atoms with Crippen molar-refractivity contribution < 1.29 is 14.2 Å². The number of aromatic nitrogens is 3. The SMILES string of the molecule is COc1ccc(OC)c(Cc2ccc([C@H]3CN(Cc4cnc(N(C)C)nc4)CCO3)nc2)c1. The number of ether oxygens (including phenoxy) is 3. The van der Waals surface area contributed by atoms with E-state index in [0.717, 1.165) is 59.5 Å². The van der Waals surface area contributed by atoms with E-state index in [-0.39, 0.29) is 6.10 Å². The molecule has 0 saturated carbocycles. The van der Waals surface area contributed by atoms with Crippen LogP contribution in [0, 0.1) is 0 Å². The van der Waals surface area contributed by atoms with E-state index in [1.54, 1.807) is 14.2 Å². The maximum Gasteiger partial charge on any atom is 0.224 e. The van der Waals surface area contributed by atoms with Gasteiger partial charge in [0.25, 0.3) is 0 Å². The second-order valence-corrected chi connectivity index (χ2v) is 8.33. The Morgan fingerprint density at radius 2 is 1.79 bits per heavy atom. The zero-order chi connectivity index (χ0) is 23.2. The van der Waals surface area contributed by atoms with Gasteiger partial charge >= 0.3 is 0 Å². The zero-order valence-electron chi connectivity index (χ0n) is 19.7. The van der Waals surface area contributed by atoms with Crippen LogP contribution in [0.15, 0.2) is 48.9 Å². The fourth-order valence-corrected chi connectivity index (χ4v) is 3.91. The molecule has 0 N–H and O–H groups in total. The second-order valence-electron chi connectivity index (χ2n) is 8.33. The van der Waals surface area contributed by atoms with E-state index < -0.39 is 0 Å². The first-order valence-electron chi connectivity index (χ1n) is 11.0. The molecule has 1 atom stereocenters. The topological polar surface area (TPSA) is 72.8 Å². The Labute approximate surface area is 195 Å². The van der Waals surface area contributed by atoms with E-state index in [1.165, 1.54) is 0 Å². The molecule has 8 heteroatoms. The van der Waals surface area contributed by atoms with Gasteiger partial charge in [0.1, 0.15) is 17.6 Å². The Kier molecular flexibility index (Phi) is 7.36. The molecule has 1 fully saturated rings. The lowest BCUT2D eigenvalue weighted by atomic mass is 10.0. The van der Waals surface area contributed by atoms with Crippen molar-refractivity contribution >= 4 is 5.95 Å². The molecule has 33 heavy (non-hydrogen) atoms. The number of anilines is 1. The van der Waals surface area contributed by atoms with E-state index in [0.29, 0.717) is 13.0 Å². The van der Waals surface area contributed by atoms with Crippen molar-refractivity contribution in [2.24, 2.45) is 0 Å². The molecule has 1 aliphatic rings. The van der Waals surface area contributed by atoms with Gasteiger partial charge in [-0.2, -0.15) is 0 Å². The molecule has 1 aromatic carbocycles. The van der Waals surface area contributed by atoms with Gasteiger partial charge in [-0.3, -0.25) is 9.88 Å². The van der Waals surface area contributed by atoms with Gasteiger partial charge in [0.05, 0.1) is 26.5 Å². The van der Waals surface area contributed by atoms with Crippen molar-refractivity contribution in [3.8, 4) is 11.5 Å². The number of benzene rings is 1. The summed E-state index contributed by atoms with van der Waals surface area (Å²) >= 11 is 0. The minimum Gasteiger partial charge on any atom is -0.497 e. The average molecular weight is 450 g/mol. The first kappa shape index (κ1) is 22.9. The number of morpholine rings is 1. The Balaban J connectivity index is 1.39. The van der Waals surface area contributed by atoms with Gasteiger partial charge in [-0.1, -0.05) is 6.07 Å². The summed E-state index contributed by atoms with van der Waals surface area (Å²) in [6.07, 6.45) is 6.37. The average Bonchev–Trinajstić information content (AvgIpc) is 2.85. The van der Waals surface area contributed by atoms with Gasteiger partial charge in [-0.05, 0) is 29.8 Å². The summed E-state index contributed by atoms with van der Waals surface area (Å²) in [5.74, 6) is 2.37. The molecule has 1 saturated heterocycles. The Hall–Kier alpha value is -3.23. The van der Waals surface area contributed by atoms with Gasteiger partial charge in [0, 0.05) is 69.9 Å². The highest BCUT2D eigenvalue weighted by Gasteiger charge is 2.23. The maximum atomic E-state index is 6.03. The first-order chi connectivity index (χ1) is 16.1. The number of rotatable bonds is 8. The van der Waals surface area contributed by atoms with Crippen LogP contribution in [0.3, 0.4) is 0 Å². The van der Waals surface area contributed by atoms with Crippen molar-refractivity contribution in [1.29, 1.82) is 0 Å². The predicted octanol–water partition coefficient (Wildman–Crippen LogP) is 3.12. The van der Waals surface area contributed by atoms with Crippen LogP contribution in [0.25, 0.3) is 0 Å².